The zero-order valence-electron chi connectivity index (χ0n) is 11.0. The molecule has 0 spiro atoms. The highest BCUT2D eigenvalue weighted by molar-refractivity contribution is 7.07. The van der Waals surface area contributed by atoms with Crippen molar-refractivity contribution in [3.05, 3.63) is 46.0 Å². The van der Waals surface area contributed by atoms with Gasteiger partial charge in [-0.15, -0.1) is 0 Å². The van der Waals surface area contributed by atoms with Crippen LogP contribution in [0.4, 0.5) is 0 Å². The fourth-order valence-corrected chi connectivity index (χ4v) is 2.92. The van der Waals surface area contributed by atoms with Crippen molar-refractivity contribution in [2.24, 2.45) is 0 Å². The van der Waals surface area contributed by atoms with E-state index in [0.717, 1.165) is 5.56 Å². The van der Waals surface area contributed by atoms with Gasteiger partial charge in [-0.1, -0.05) is 0 Å². The first-order chi connectivity index (χ1) is 10.1. The van der Waals surface area contributed by atoms with Crippen LogP contribution < -0.4 is 0 Å². The van der Waals surface area contributed by atoms with E-state index in [1.165, 1.54) is 12.1 Å². The molecule has 2 aromatic heterocycles. The highest BCUT2D eigenvalue weighted by atomic mass is 32.1. The first-order valence-electron chi connectivity index (χ1n) is 6.41. The van der Waals surface area contributed by atoms with Gasteiger partial charge in [0.15, 0.2) is 5.76 Å². The summed E-state index contributed by atoms with van der Waals surface area (Å²) in [6, 6.07) is 4.64. The monoisotopic (exact) mass is 307 g/mol. The lowest BCUT2D eigenvalue weighted by Gasteiger charge is -2.32. The number of furan rings is 1. The van der Waals surface area contributed by atoms with E-state index in [1.807, 2.05) is 16.8 Å². The molecule has 1 N–H and O–H groups in total. The number of carboxylic acids is 1. The van der Waals surface area contributed by atoms with E-state index in [-0.39, 0.29) is 23.5 Å². The Morgan fingerprint density at radius 1 is 1.29 bits per heavy atom. The SMILES string of the molecule is O=C(O)c1ccc(C(=O)N2CCOC(c3ccsc3)C2)o1. The zero-order valence-corrected chi connectivity index (χ0v) is 11.8. The van der Waals surface area contributed by atoms with Crippen molar-refractivity contribution < 1.29 is 23.8 Å². The molecule has 1 saturated heterocycles. The molecule has 6 nitrogen and oxygen atoms in total. The maximum Gasteiger partial charge on any atom is 0.371 e. The molecular weight excluding hydrogens is 294 g/mol. The molecule has 1 aliphatic heterocycles. The van der Waals surface area contributed by atoms with Gasteiger partial charge in [0, 0.05) is 6.54 Å². The molecule has 1 unspecified atom stereocenters. The number of rotatable bonds is 3. The minimum absolute atomic E-state index is 0.0402. The summed E-state index contributed by atoms with van der Waals surface area (Å²) < 4.78 is 10.7. The minimum Gasteiger partial charge on any atom is -0.475 e. The van der Waals surface area contributed by atoms with Crippen LogP contribution in [0, 0.1) is 0 Å². The van der Waals surface area contributed by atoms with Crippen LogP contribution in [0.1, 0.15) is 32.8 Å². The molecule has 0 radical (unpaired) electrons. The summed E-state index contributed by atoms with van der Waals surface area (Å²) in [5.74, 6) is -1.70. The number of carboxylic acid groups (broad SMARTS) is 1. The first-order valence-corrected chi connectivity index (χ1v) is 7.35. The highest BCUT2D eigenvalue weighted by Gasteiger charge is 2.28. The smallest absolute Gasteiger partial charge is 0.371 e. The lowest BCUT2D eigenvalue weighted by atomic mass is 10.1. The van der Waals surface area contributed by atoms with Gasteiger partial charge in [-0.3, -0.25) is 4.79 Å². The predicted octanol–water partition coefficient (Wildman–Crippen LogP) is 2.25. The van der Waals surface area contributed by atoms with Crippen LogP contribution in [0.5, 0.6) is 0 Å². The Hall–Kier alpha value is -2.12. The van der Waals surface area contributed by atoms with Crippen LogP contribution in [0.15, 0.2) is 33.4 Å². The number of nitrogens with zero attached hydrogens (tertiary/aromatic N) is 1. The van der Waals surface area contributed by atoms with E-state index < -0.39 is 5.97 Å². The van der Waals surface area contributed by atoms with E-state index >= 15 is 0 Å². The van der Waals surface area contributed by atoms with Gasteiger partial charge in [-0.25, -0.2) is 4.79 Å². The topological polar surface area (TPSA) is 80.0 Å². The molecule has 21 heavy (non-hydrogen) atoms. The number of aromatic carboxylic acids is 1. The molecule has 0 bridgehead atoms. The maximum atomic E-state index is 12.3. The number of carbonyl (C=O) groups is 2. The van der Waals surface area contributed by atoms with Gasteiger partial charge in [0.2, 0.25) is 5.76 Å². The molecular formula is C14H13NO5S. The summed E-state index contributed by atoms with van der Waals surface area (Å²) >= 11 is 1.58. The third-order valence-electron chi connectivity index (χ3n) is 3.30. The second kappa shape index (κ2) is 5.71. The second-order valence-electron chi connectivity index (χ2n) is 4.64. The molecule has 110 valence electrons. The summed E-state index contributed by atoms with van der Waals surface area (Å²) in [6.45, 7) is 1.33. The highest BCUT2D eigenvalue weighted by Crippen LogP contribution is 2.25. The number of hydrogen-bond donors (Lipinski definition) is 1. The Labute approximate surface area is 124 Å². The average molecular weight is 307 g/mol. The fraction of sp³-hybridized carbons (Fsp3) is 0.286. The van der Waals surface area contributed by atoms with Crippen molar-refractivity contribution >= 4 is 23.2 Å². The lowest BCUT2D eigenvalue weighted by Crippen LogP contribution is -2.42. The van der Waals surface area contributed by atoms with Crippen molar-refractivity contribution in [2.75, 3.05) is 19.7 Å². The van der Waals surface area contributed by atoms with Crippen LogP contribution in [0.3, 0.4) is 0 Å². The van der Waals surface area contributed by atoms with Crippen LogP contribution in [-0.4, -0.2) is 41.6 Å². The predicted molar refractivity (Wildman–Crippen MR) is 74.6 cm³/mol. The largest absolute Gasteiger partial charge is 0.475 e. The van der Waals surface area contributed by atoms with Gasteiger partial charge < -0.3 is 19.2 Å². The van der Waals surface area contributed by atoms with E-state index in [1.54, 1.807) is 16.2 Å². The van der Waals surface area contributed by atoms with E-state index in [2.05, 4.69) is 0 Å². The molecule has 1 aliphatic rings. The Kier molecular flexibility index (Phi) is 3.76. The second-order valence-corrected chi connectivity index (χ2v) is 5.42. The molecule has 7 heteroatoms. The summed E-state index contributed by atoms with van der Waals surface area (Å²) in [4.78, 5) is 24.7. The Morgan fingerprint density at radius 3 is 2.76 bits per heavy atom. The van der Waals surface area contributed by atoms with Crippen LogP contribution in [-0.2, 0) is 4.74 Å². The molecule has 1 atom stereocenters. The Bertz CT molecular complexity index is 648. The number of ether oxygens (including phenoxy) is 1. The molecule has 3 heterocycles. The minimum atomic E-state index is -1.19. The third kappa shape index (κ3) is 2.84. The quantitative estimate of drug-likeness (QED) is 0.940. The van der Waals surface area contributed by atoms with E-state index in [4.69, 9.17) is 14.3 Å². The average Bonchev–Trinajstić information content (AvgIpc) is 3.18. The number of hydrogen-bond acceptors (Lipinski definition) is 5. The van der Waals surface area contributed by atoms with Gasteiger partial charge in [0.25, 0.3) is 5.91 Å². The molecule has 1 fully saturated rings. The molecule has 2 aromatic rings. The number of carbonyl (C=O) groups excluding carboxylic acids is 1. The first kappa shape index (κ1) is 13.8. The van der Waals surface area contributed by atoms with Gasteiger partial charge in [-0.05, 0) is 34.5 Å². The summed E-state index contributed by atoms with van der Waals surface area (Å²) in [5.41, 5.74) is 1.04. The standard InChI is InChI=1S/C14H13NO5S/c16-13(10-1-2-11(20-10)14(17)18)15-4-5-19-12(7-15)9-3-6-21-8-9/h1-3,6,8,12H,4-5,7H2,(H,17,18). The molecule has 0 saturated carbocycles. The van der Waals surface area contributed by atoms with Gasteiger partial charge >= 0.3 is 5.97 Å². The van der Waals surface area contributed by atoms with Crippen LogP contribution in [0.25, 0.3) is 0 Å². The van der Waals surface area contributed by atoms with Gasteiger partial charge in [0.1, 0.15) is 6.10 Å². The Morgan fingerprint density at radius 2 is 2.10 bits per heavy atom. The third-order valence-corrected chi connectivity index (χ3v) is 4.00. The molecule has 3 rings (SSSR count). The fourth-order valence-electron chi connectivity index (χ4n) is 2.22. The summed E-state index contributed by atoms with van der Waals surface area (Å²) in [6.07, 6.45) is -0.150. The normalized spacial score (nSPS) is 18.7. The number of thiophene rings is 1. The van der Waals surface area contributed by atoms with Crippen LogP contribution in [0.2, 0.25) is 0 Å². The Balaban J connectivity index is 1.73. The molecule has 0 aliphatic carbocycles. The summed E-state index contributed by atoms with van der Waals surface area (Å²) in [5, 5.41) is 12.8. The summed E-state index contributed by atoms with van der Waals surface area (Å²) in [7, 11) is 0. The van der Waals surface area contributed by atoms with Crippen molar-refractivity contribution in [3.8, 4) is 0 Å². The van der Waals surface area contributed by atoms with Gasteiger partial charge in [0.05, 0.1) is 13.2 Å². The van der Waals surface area contributed by atoms with Crippen molar-refractivity contribution in [2.45, 2.75) is 6.10 Å². The number of morpholine rings is 1. The van der Waals surface area contributed by atoms with Crippen LogP contribution >= 0.6 is 11.3 Å². The van der Waals surface area contributed by atoms with E-state index in [0.29, 0.717) is 19.7 Å². The molecule has 0 aromatic carbocycles. The van der Waals surface area contributed by atoms with E-state index in [9.17, 15) is 9.59 Å². The molecule has 1 amide bonds. The van der Waals surface area contributed by atoms with Crippen molar-refractivity contribution in [3.63, 3.8) is 0 Å². The van der Waals surface area contributed by atoms with Gasteiger partial charge in [-0.2, -0.15) is 11.3 Å². The zero-order chi connectivity index (χ0) is 14.8. The maximum absolute atomic E-state index is 12.3. The number of amides is 1. The lowest BCUT2D eigenvalue weighted by molar-refractivity contribution is -0.0236. The van der Waals surface area contributed by atoms with Crippen molar-refractivity contribution in [1.82, 2.24) is 4.90 Å². The van der Waals surface area contributed by atoms with Crippen molar-refractivity contribution in [1.29, 1.82) is 0 Å².